The summed E-state index contributed by atoms with van der Waals surface area (Å²) in [5.41, 5.74) is 0.812. The quantitative estimate of drug-likeness (QED) is 0.735. The zero-order chi connectivity index (χ0) is 10.0. The summed E-state index contributed by atoms with van der Waals surface area (Å²) in [5, 5.41) is 18.5. The molecule has 0 aliphatic rings. The average Bonchev–Trinajstić information content (AvgIpc) is 2.05. The topological polar surface area (TPSA) is 40.5 Å². The Morgan fingerprint density at radius 3 is 2.62 bits per heavy atom. The van der Waals surface area contributed by atoms with E-state index in [1.807, 2.05) is 0 Å². The van der Waals surface area contributed by atoms with Crippen molar-refractivity contribution >= 4 is 0 Å². The Balaban J connectivity index is 3.10. The van der Waals surface area contributed by atoms with Crippen LogP contribution in [0.15, 0.2) is 12.1 Å². The molecule has 1 unspecified atom stereocenters. The minimum Gasteiger partial charge on any atom is -0.507 e. The third-order valence-corrected chi connectivity index (χ3v) is 1.93. The van der Waals surface area contributed by atoms with Crippen LogP contribution in [0.2, 0.25) is 0 Å². The van der Waals surface area contributed by atoms with Crippen molar-refractivity contribution in [3.8, 4) is 5.75 Å². The molecule has 1 aromatic carbocycles. The summed E-state index contributed by atoms with van der Waals surface area (Å²) in [6.45, 7) is 3.25. The van der Waals surface area contributed by atoms with E-state index in [1.165, 1.54) is 12.1 Å². The average molecular weight is 184 g/mol. The Hall–Kier alpha value is -1.09. The molecule has 0 aromatic heterocycles. The van der Waals surface area contributed by atoms with E-state index in [9.17, 15) is 9.50 Å². The van der Waals surface area contributed by atoms with Gasteiger partial charge in [0.1, 0.15) is 11.6 Å². The predicted molar refractivity (Wildman–Crippen MR) is 48.2 cm³/mol. The molecule has 0 saturated carbocycles. The smallest absolute Gasteiger partial charge is 0.130 e. The second kappa shape index (κ2) is 3.75. The second-order valence-electron chi connectivity index (χ2n) is 3.24. The number of benzene rings is 1. The van der Waals surface area contributed by atoms with Gasteiger partial charge in [0, 0.05) is 12.0 Å². The molecule has 0 bridgehead atoms. The van der Waals surface area contributed by atoms with Crippen molar-refractivity contribution in [2.45, 2.75) is 26.4 Å². The number of aliphatic hydroxyl groups is 1. The Morgan fingerprint density at radius 1 is 1.46 bits per heavy atom. The molecule has 2 N–H and O–H groups in total. The van der Waals surface area contributed by atoms with Gasteiger partial charge in [-0.2, -0.15) is 0 Å². The first-order valence-electron chi connectivity index (χ1n) is 4.17. The van der Waals surface area contributed by atoms with Gasteiger partial charge in [0.25, 0.3) is 0 Å². The van der Waals surface area contributed by atoms with Crippen LogP contribution in [0.3, 0.4) is 0 Å². The Labute approximate surface area is 76.6 Å². The van der Waals surface area contributed by atoms with Gasteiger partial charge in [0.15, 0.2) is 0 Å². The van der Waals surface area contributed by atoms with Gasteiger partial charge in [0.2, 0.25) is 0 Å². The molecule has 3 heteroatoms. The lowest BCUT2D eigenvalue weighted by atomic mass is 10.0. The van der Waals surface area contributed by atoms with Crippen molar-refractivity contribution in [2.24, 2.45) is 0 Å². The first kappa shape index (κ1) is 9.99. The molecule has 1 aromatic rings. The lowest BCUT2D eigenvalue weighted by Crippen LogP contribution is -2.06. The first-order chi connectivity index (χ1) is 6.02. The molecule has 0 radical (unpaired) electrons. The van der Waals surface area contributed by atoms with Gasteiger partial charge in [-0.3, -0.25) is 0 Å². The van der Waals surface area contributed by atoms with Crippen molar-refractivity contribution in [1.29, 1.82) is 0 Å². The van der Waals surface area contributed by atoms with Gasteiger partial charge >= 0.3 is 0 Å². The molecule has 1 rings (SSSR count). The molecular weight excluding hydrogens is 171 g/mol. The highest BCUT2D eigenvalue weighted by Gasteiger charge is 2.12. The maximum absolute atomic E-state index is 13.1. The standard InChI is InChI=1S/C10H13FO2/c1-6-3-4-9(11)8(10(6)13)5-7(2)12/h3-4,7,12-13H,5H2,1-2H3. The molecular formula is C10H13FO2. The summed E-state index contributed by atoms with van der Waals surface area (Å²) in [6, 6.07) is 2.81. The van der Waals surface area contributed by atoms with E-state index in [0.717, 1.165) is 0 Å². The summed E-state index contributed by atoms with van der Waals surface area (Å²) >= 11 is 0. The number of phenolic OH excluding ortho intramolecular Hbond substituents is 1. The predicted octanol–water partition coefficient (Wildman–Crippen LogP) is 1.76. The zero-order valence-electron chi connectivity index (χ0n) is 7.71. The maximum atomic E-state index is 13.1. The second-order valence-corrected chi connectivity index (χ2v) is 3.24. The molecule has 2 nitrogen and oxygen atoms in total. The van der Waals surface area contributed by atoms with Crippen LogP contribution in [-0.4, -0.2) is 16.3 Å². The van der Waals surface area contributed by atoms with E-state index in [2.05, 4.69) is 0 Å². The summed E-state index contributed by atoms with van der Waals surface area (Å²) in [5.74, 6) is -0.523. The SMILES string of the molecule is Cc1ccc(F)c(CC(C)O)c1O. The molecule has 72 valence electrons. The van der Waals surface area contributed by atoms with Gasteiger partial charge in [-0.15, -0.1) is 0 Å². The molecule has 0 amide bonds. The van der Waals surface area contributed by atoms with Crippen molar-refractivity contribution in [1.82, 2.24) is 0 Å². The van der Waals surface area contributed by atoms with Crippen molar-refractivity contribution in [3.63, 3.8) is 0 Å². The number of rotatable bonds is 2. The van der Waals surface area contributed by atoms with Crippen LogP contribution in [-0.2, 0) is 6.42 Å². The van der Waals surface area contributed by atoms with Crippen LogP contribution in [0.5, 0.6) is 5.75 Å². The Bertz CT molecular complexity index is 308. The molecule has 0 saturated heterocycles. The largest absolute Gasteiger partial charge is 0.507 e. The van der Waals surface area contributed by atoms with E-state index in [-0.39, 0.29) is 17.7 Å². The van der Waals surface area contributed by atoms with Gasteiger partial charge in [0.05, 0.1) is 6.10 Å². The highest BCUT2D eigenvalue weighted by molar-refractivity contribution is 5.40. The maximum Gasteiger partial charge on any atom is 0.130 e. The number of hydrogen-bond donors (Lipinski definition) is 2. The van der Waals surface area contributed by atoms with E-state index >= 15 is 0 Å². The fraction of sp³-hybridized carbons (Fsp3) is 0.400. The fourth-order valence-electron chi connectivity index (χ4n) is 1.22. The summed E-state index contributed by atoms with van der Waals surface area (Å²) in [4.78, 5) is 0. The van der Waals surface area contributed by atoms with Crippen LogP contribution in [0, 0.1) is 12.7 Å². The number of halogens is 1. The first-order valence-corrected chi connectivity index (χ1v) is 4.17. The third kappa shape index (κ3) is 2.18. The zero-order valence-corrected chi connectivity index (χ0v) is 7.71. The van der Waals surface area contributed by atoms with Gasteiger partial charge in [-0.1, -0.05) is 6.07 Å². The monoisotopic (exact) mass is 184 g/mol. The number of aryl methyl sites for hydroxylation is 1. The minimum absolute atomic E-state index is 0.0547. The van der Waals surface area contributed by atoms with E-state index in [4.69, 9.17) is 5.11 Å². The number of aliphatic hydroxyl groups excluding tert-OH is 1. The van der Waals surface area contributed by atoms with E-state index in [1.54, 1.807) is 13.8 Å². The van der Waals surface area contributed by atoms with Crippen LogP contribution in [0.1, 0.15) is 18.1 Å². The number of aromatic hydroxyl groups is 1. The number of phenols is 1. The molecule has 0 heterocycles. The lowest BCUT2D eigenvalue weighted by Gasteiger charge is -2.09. The minimum atomic E-state index is -0.651. The van der Waals surface area contributed by atoms with Crippen molar-refractivity contribution < 1.29 is 14.6 Å². The number of hydrogen-bond acceptors (Lipinski definition) is 2. The molecule has 0 fully saturated rings. The normalized spacial score (nSPS) is 12.9. The molecule has 0 aliphatic heterocycles. The molecule has 13 heavy (non-hydrogen) atoms. The molecule has 0 aliphatic carbocycles. The van der Waals surface area contributed by atoms with Crippen molar-refractivity contribution in [3.05, 3.63) is 29.1 Å². The van der Waals surface area contributed by atoms with Crippen molar-refractivity contribution in [2.75, 3.05) is 0 Å². The van der Waals surface area contributed by atoms with E-state index < -0.39 is 11.9 Å². The fourth-order valence-corrected chi connectivity index (χ4v) is 1.22. The van der Waals surface area contributed by atoms with Crippen LogP contribution in [0.25, 0.3) is 0 Å². The van der Waals surface area contributed by atoms with Crippen LogP contribution < -0.4 is 0 Å². The summed E-state index contributed by atoms with van der Waals surface area (Å²) in [7, 11) is 0. The summed E-state index contributed by atoms with van der Waals surface area (Å²) in [6.07, 6.45) is -0.513. The lowest BCUT2D eigenvalue weighted by molar-refractivity contribution is 0.192. The van der Waals surface area contributed by atoms with E-state index in [0.29, 0.717) is 5.56 Å². The van der Waals surface area contributed by atoms with Gasteiger partial charge in [-0.05, 0) is 25.5 Å². The Kier molecular flexibility index (Phi) is 2.88. The van der Waals surface area contributed by atoms with Crippen LogP contribution in [0.4, 0.5) is 4.39 Å². The molecule has 1 atom stereocenters. The van der Waals surface area contributed by atoms with Gasteiger partial charge in [-0.25, -0.2) is 4.39 Å². The summed E-state index contributed by atoms with van der Waals surface area (Å²) < 4.78 is 13.1. The molecule has 0 spiro atoms. The van der Waals surface area contributed by atoms with Gasteiger partial charge < -0.3 is 10.2 Å². The Morgan fingerprint density at radius 2 is 2.08 bits per heavy atom. The third-order valence-electron chi connectivity index (χ3n) is 1.93. The highest BCUT2D eigenvalue weighted by atomic mass is 19.1. The van der Waals surface area contributed by atoms with Crippen LogP contribution >= 0.6 is 0 Å². The highest BCUT2D eigenvalue weighted by Crippen LogP contribution is 2.25.